The third kappa shape index (κ3) is 5.32. The van der Waals surface area contributed by atoms with E-state index in [2.05, 4.69) is 0 Å². The molecule has 0 aliphatic carbocycles. The van der Waals surface area contributed by atoms with Gasteiger partial charge >= 0.3 is 13.2 Å². The summed E-state index contributed by atoms with van der Waals surface area (Å²) in [5.74, 6) is 0. The molecule has 0 aliphatic rings. The molecule has 0 fully saturated rings. The second-order valence-corrected chi connectivity index (χ2v) is 5.45. The van der Waals surface area contributed by atoms with Gasteiger partial charge in [-0.15, -0.1) is 0 Å². The quantitative estimate of drug-likeness (QED) is 0.790. The van der Waals surface area contributed by atoms with Crippen molar-refractivity contribution in [1.82, 2.24) is 4.90 Å². The average molecular weight is 265 g/mol. The molecule has 0 bridgehead atoms. The highest BCUT2D eigenvalue weighted by Gasteiger charge is 2.19. The van der Waals surface area contributed by atoms with Gasteiger partial charge in [0.15, 0.2) is 0 Å². The van der Waals surface area contributed by atoms with Crippen LogP contribution in [0, 0.1) is 0 Å². The third-order valence-corrected chi connectivity index (χ3v) is 2.40. The molecule has 0 radical (unpaired) electrons. The summed E-state index contributed by atoms with van der Waals surface area (Å²) in [4.78, 5) is 13.2. The first-order valence-electron chi connectivity index (χ1n) is 6.08. The van der Waals surface area contributed by atoms with E-state index in [1.807, 2.05) is 20.8 Å². The Morgan fingerprint density at radius 3 is 2.21 bits per heavy atom. The van der Waals surface area contributed by atoms with E-state index >= 15 is 0 Å². The molecule has 0 aliphatic heterocycles. The number of carbonyl (C=O) groups is 1. The molecule has 0 spiro atoms. The number of benzene rings is 1. The Bertz CT molecular complexity index is 425. The minimum Gasteiger partial charge on any atom is -0.444 e. The fraction of sp³-hybridized carbons (Fsp3) is 0.462. The van der Waals surface area contributed by atoms with E-state index in [0.717, 1.165) is 5.56 Å². The van der Waals surface area contributed by atoms with Crippen LogP contribution in [0.25, 0.3) is 0 Å². The van der Waals surface area contributed by atoms with Crippen LogP contribution in [-0.2, 0) is 11.3 Å². The summed E-state index contributed by atoms with van der Waals surface area (Å²) in [6.45, 7) is 5.85. The van der Waals surface area contributed by atoms with Crippen molar-refractivity contribution in [3.05, 3.63) is 29.8 Å². The maximum absolute atomic E-state index is 11.8. The van der Waals surface area contributed by atoms with Crippen LogP contribution in [-0.4, -0.2) is 40.8 Å². The number of hydrogen-bond acceptors (Lipinski definition) is 4. The average Bonchev–Trinajstić information content (AvgIpc) is 2.27. The number of hydrogen-bond donors (Lipinski definition) is 2. The summed E-state index contributed by atoms with van der Waals surface area (Å²) >= 11 is 0. The third-order valence-electron chi connectivity index (χ3n) is 2.40. The molecule has 0 unspecified atom stereocenters. The summed E-state index contributed by atoms with van der Waals surface area (Å²) in [6.07, 6.45) is -0.390. The van der Waals surface area contributed by atoms with Crippen molar-refractivity contribution in [3.63, 3.8) is 0 Å². The van der Waals surface area contributed by atoms with Crippen molar-refractivity contribution in [3.8, 4) is 0 Å². The molecule has 104 valence electrons. The summed E-state index contributed by atoms with van der Waals surface area (Å²) in [5.41, 5.74) is 0.789. The molecule has 0 saturated carbocycles. The monoisotopic (exact) mass is 265 g/mol. The predicted molar refractivity (Wildman–Crippen MR) is 74.0 cm³/mol. The van der Waals surface area contributed by atoms with Crippen LogP contribution in [0.1, 0.15) is 26.3 Å². The molecule has 1 aromatic rings. The molecule has 0 saturated heterocycles. The van der Waals surface area contributed by atoms with Gasteiger partial charge in [0.2, 0.25) is 0 Å². The molecule has 19 heavy (non-hydrogen) atoms. The SMILES string of the molecule is CN(Cc1ccc(B(O)O)cc1)C(=O)OC(C)(C)C. The van der Waals surface area contributed by atoms with E-state index in [4.69, 9.17) is 14.8 Å². The number of amides is 1. The van der Waals surface area contributed by atoms with Gasteiger partial charge in [-0.05, 0) is 31.8 Å². The molecular formula is C13H20BNO4. The predicted octanol–water partition coefficient (Wildman–Crippen LogP) is 0.733. The van der Waals surface area contributed by atoms with Gasteiger partial charge in [0.05, 0.1) is 0 Å². The number of ether oxygens (including phenoxy) is 1. The summed E-state index contributed by atoms with van der Waals surface area (Å²) in [5, 5.41) is 18.0. The van der Waals surface area contributed by atoms with Crippen molar-refractivity contribution in [1.29, 1.82) is 0 Å². The largest absolute Gasteiger partial charge is 0.488 e. The minimum absolute atomic E-state index is 0.390. The first-order chi connectivity index (χ1) is 8.69. The fourth-order valence-electron chi connectivity index (χ4n) is 1.47. The van der Waals surface area contributed by atoms with Crippen LogP contribution in [0.4, 0.5) is 4.79 Å². The maximum atomic E-state index is 11.8. The Morgan fingerprint density at radius 2 is 1.79 bits per heavy atom. The molecule has 1 rings (SSSR count). The standard InChI is InChI=1S/C13H20BNO4/c1-13(2,3)19-12(16)15(4)9-10-5-7-11(8-6-10)14(17)18/h5-8,17-18H,9H2,1-4H3. The molecule has 1 aromatic carbocycles. The molecule has 2 N–H and O–H groups in total. The van der Waals surface area contributed by atoms with E-state index in [1.165, 1.54) is 4.90 Å². The van der Waals surface area contributed by atoms with Gasteiger partial charge in [-0.1, -0.05) is 24.3 Å². The molecule has 6 heteroatoms. The van der Waals surface area contributed by atoms with E-state index < -0.39 is 18.8 Å². The van der Waals surface area contributed by atoms with Crippen LogP contribution in [0.15, 0.2) is 24.3 Å². The lowest BCUT2D eigenvalue weighted by Crippen LogP contribution is -2.34. The normalized spacial score (nSPS) is 11.1. The van der Waals surface area contributed by atoms with Crippen LogP contribution in [0.2, 0.25) is 0 Å². The van der Waals surface area contributed by atoms with Gasteiger partial charge < -0.3 is 19.7 Å². The van der Waals surface area contributed by atoms with Crippen molar-refractivity contribution in [2.45, 2.75) is 32.9 Å². The Hall–Kier alpha value is -1.53. The van der Waals surface area contributed by atoms with Crippen molar-refractivity contribution in [2.24, 2.45) is 0 Å². The van der Waals surface area contributed by atoms with Gasteiger partial charge in [-0.3, -0.25) is 0 Å². The van der Waals surface area contributed by atoms with E-state index in [1.54, 1.807) is 31.3 Å². The number of carbonyl (C=O) groups excluding carboxylic acids is 1. The first-order valence-corrected chi connectivity index (χ1v) is 6.08. The zero-order valence-corrected chi connectivity index (χ0v) is 11.8. The van der Waals surface area contributed by atoms with Crippen LogP contribution in [0.5, 0.6) is 0 Å². The highest BCUT2D eigenvalue weighted by Crippen LogP contribution is 2.11. The lowest BCUT2D eigenvalue weighted by molar-refractivity contribution is 0.0285. The van der Waals surface area contributed by atoms with Crippen LogP contribution < -0.4 is 5.46 Å². The van der Waals surface area contributed by atoms with Gasteiger partial charge in [0, 0.05) is 13.6 Å². The topological polar surface area (TPSA) is 70.0 Å². The molecular weight excluding hydrogens is 245 g/mol. The summed E-state index contributed by atoms with van der Waals surface area (Å²) in [7, 11) is 0.181. The van der Waals surface area contributed by atoms with E-state index in [-0.39, 0.29) is 0 Å². The lowest BCUT2D eigenvalue weighted by Gasteiger charge is -2.24. The Labute approximate surface area is 114 Å². The van der Waals surface area contributed by atoms with Crippen molar-refractivity contribution in [2.75, 3.05) is 7.05 Å². The van der Waals surface area contributed by atoms with Gasteiger partial charge in [-0.2, -0.15) is 0 Å². The highest BCUT2D eigenvalue weighted by atomic mass is 16.6. The molecule has 0 atom stereocenters. The summed E-state index contributed by atoms with van der Waals surface area (Å²) in [6, 6.07) is 6.72. The Balaban J connectivity index is 2.61. The number of nitrogens with zero attached hydrogens (tertiary/aromatic N) is 1. The van der Waals surface area contributed by atoms with Crippen LogP contribution >= 0.6 is 0 Å². The Morgan fingerprint density at radius 1 is 1.26 bits per heavy atom. The van der Waals surface area contributed by atoms with E-state index in [0.29, 0.717) is 12.0 Å². The minimum atomic E-state index is -1.47. The van der Waals surface area contributed by atoms with Gasteiger partial charge in [0.1, 0.15) is 5.60 Å². The van der Waals surface area contributed by atoms with Gasteiger partial charge in [0.25, 0.3) is 0 Å². The second-order valence-electron chi connectivity index (χ2n) is 5.45. The lowest BCUT2D eigenvalue weighted by atomic mass is 9.80. The first kappa shape index (κ1) is 15.5. The maximum Gasteiger partial charge on any atom is 0.488 e. The summed E-state index contributed by atoms with van der Waals surface area (Å²) < 4.78 is 5.24. The molecule has 1 amide bonds. The van der Waals surface area contributed by atoms with E-state index in [9.17, 15) is 4.79 Å². The molecule has 5 nitrogen and oxygen atoms in total. The van der Waals surface area contributed by atoms with Gasteiger partial charge in [-0.25, -0.2) is 4.79 Å². The Kier molecular flexibility index (Phi) is 4.97. The van der Waals surface area contributed by atoms with Crippen molar-refractivity contribution < 1.29 is 19.6 Å². The smallest absolute Gasteiger partial charge is 0.444 e. The van der Waals surface area contributed by atoms with Crippen molar-refractivity contribution >= 4 is 18.7 Å². The fourth-order valence-corrected chi connectivity index (χ4v) is 1.47. The van der Waals surface area contributed by atoms with Crippen LogP contribution in [0.3, 0.4) is 0 Å². The zero-order chi connectivity index (χ0) is 14.6. The number of rotatable bonds is 3. The molecule has 0 aromatic heterocycles. The molecule has 0 heterocycles. The highest BCUT2D eigenvalue weighted by molar-refractivity contribution is 6.58. The zero-order valence-electron chi connectivity index (χ0n) is 11.8. The second kappa shape index (κ2) is 6.08.